The third-order valence-electron chi connectivity index (χ3n) is 5.12. The summed E-state index contributed by atoms with van der Waals surface area (Å²) in [4.78, 5) is 13.3. The molecular weight excluding hydrogens is 455 g/mol. The van der Waals surface area contributed by atoms with Gasteiger partial charge in [0.15, 0.2) is 23.0 Å². The zero-order valence-electron chi connectivity index (χ0n) is 16.8. The minimum atomic E-state index is -0.202. The van der Waals surface area contributed by atoms with E-state index in [0.717, 1.165) is 5.56 Å². The third-order valence-corrected chi connectivity index (χ3v) is 5.86. The van der Waals surface area contributed by atoms with E-state index < -0.39 is 0 Å². The van der Waals surface area contributed by atoms with Gasteiger partial charge >= 0.3 is 0 Å². The quantitative estimate of drug-likeness (QED) is 0.351. The van der Waals surface area contributed by atoms with Crippen LogP contribution < -0.4 is 24.4 Å². The number of fused-ring (bicyclic) bond motifs is 2. The number of methoxy groups -OCH3 is 1. The van der Waals surface area contributed by atoms with Gasteiger partial charge in [-0.2, -0.15) is 0 Å². The van der Waals surface area contributed by atoms with Crippen molar-refractivity contribution < 1.29 is 23.4 Å². The van der Waals surface area contributed by atoms with Crippen molar-refractivity contribution in [3.63, 3.8) is 0 Å². The summed E-state index contributed by atoms with van der Waals surface area (Å²) in [5.74, 6) is 2.07. The minimum absolute atomic E-state index is 0.157. The highest BCUT2D eigenvalue weighted by Gasteiger charge is 2.18. The molecule has 0 bridgehead atoms. The lowest BCUT2D eigenvalue weighted by Gasteiger charge is -2.12. The second kappa shape index (κ2) is 8.30. The summed E-state index contributed by atoms with van der Waals surface area (Å²) in [6, 6.07) is 13.8. The van der Waals surface area contributed by atoms with Crippen LogP contribution in [0.25, 0.3) is 22.1 Å². The van der Waals surface area contributed by atoms with Crippen molar-refractivity contribution in [2.75, 3.05) is 13.9 Å². The summed E-state index contributed by atoms with van der Waals surface area (Å²) in [6.07, 6.45) is 1.43. The number of benzene rings is 3. The standard InChI is InChI=1S/C24H16Cl2O6/c1-28-21-9-20-15(8-23(21)29-10-13-2-4-17(25)18(26)6-13)24(27)16(11-30-20)14-3-5-19-22(7-14)32-12-31-19/h2-9,11H,10,12H2,1H3. The molecule has 162 valence electrons. The van der Waals surface area contributed by atoms with E-state index in [-0.39, 0.29) is 18.8 Å². The maximum Gasteiger partial charge on any atom is 0.231 e. The molecule has 32 heavy (non-hydrogen) atoms. The number of hydrogen-bond donors (Lipinski definition) is 0. The summed E-state index contributed by atoms with van der Waals surface area (Å²) in [6.45, 7) is 0.371. The first-order valence-corrected chi connectivity index (χ1v) is 10.4. The largest absolute Gasteiger partial charge is 0.493 e. The molecule has 1 aliphatic rings. The Morgan fingerprint density at radius 3 is 2.59 bits per heavy atom. The van der Waals surface area contributed by atoms with E-state index in [9.17, 15) is 4.79 Å². The third kappa shape index (κ3) is 3.72. The summed E-state index contributed by atoms with van der Waals surface area (Å²) < 4.78 is 27.9. The van der Waals surface area contributed by atoms with E-state index in [1.807, 2.05) is 6.07 Å². The van der Waals surface area contributed by atoms with Crippen molar-refractivity contribution in [1.82, 2.24) is 0 Å². The van der Waals surface area contributed by atoms with Gasteiger partial charge in [0.2, 0.25) is 12.2 Å². The molecule has 3 aromatic carbocycles. The Morgan fingerprint density at radius 2 is 1.78 bits per heavy atom. The van der Waals surface area contributed by atoms with Crippen LogP contribution in [0.15, 0.2) is 64.0 Å². The molecule has 0 fully saturated rings. The summed E-state index contributed by atoms with van der Waals surface area (Å²) in [7, 11) is 1.52. The van der Waals surface area contributed by atoms with E-state index in [4.69, 9.17) is 46.6 Å². The lowest BCUT2D eigenvalue weighted by molar-refractivity contribution is 0.174. The smallest absolute Gasteiger partial charge is 0.231 e. The topological polar surface area (TPSA) is 67.1 Å². The van der Waals surface area contributed by atoms with Crippen LogP contribution in [0.5, 0.6) is 23.0 Å². The van der Waals surface area contributed by atoms with Crippen molar-refractivity contribution in [1.29, 1.82) is 0 Å². The number of rotatable bonds is 5. The zero-order valence-corrected chi connectivity index (χ0v) is 18.3. The molecule has 0 radical (unpaired) electrons. The van der Waals surface area contributed by atoms with Gasteiger partial charge in [-0.25, -0.2) is 0 Å². The van der Waals surface area contributed by atoms with Crippen LogP contribution in [-0.2, 0) is 6.61 Å². The van der Waals surface area contributed by atoms with Crippen LogP contribution in [0.4, 0.5) is 0 Å². The fraction of sp³-hybridized carbons (Fsp3) is 0.125. The maximum absolute atomic E-state index is 13.3. The lowest BCUT2D eigenvalue weighted by atomic mass is 10.0. The molecule has 0 atom stereocenters. The summed E-state index contributed by atoms with van der Waals surface area (Å²) >= 11 is 12.1. The van der Waals surface area contributed by atoms with Gasteiger partial charge in [-0.05, 0) is 41.5 Å². The van der Waals surface area contributed by atoms with Crippen LogP contribution in [0, 0.1) is 0 Å². The first-order valence-electron chi connectivity index (χ1n) is 9.64. The number of halogens is 2. The van der Waals surface area contributed by atoms with Gasteiger partial charge in [-0.1, -0.05) is 35.3 Å². The Balaban J connectivity index is 1.53. The van der Waals surface area contributed by atoms with Gasteiger partial charge in [0.25, 0.3) is 0 Å². The monoisotopic (exact) mass is 470 g/mol. The molecule has 1 aromatic heterocycles. The van der Waals surface area contributed by atoms with E-state index in [0.29, 0.717) is 55.1 Å². The van der Waals surface area contributed by atoms with Crippen LogP contribution in [0.2, 0.25) is 10.0 Å². The molecule has 0 saturated heterocycles. The number of ether oxygens (including phenoxy) is 4. The fourth-order valence-electron chi connectivity index (χ4n) is 3.46. The second-order valence-corrected chi connectivity index (χ2v) is 7.90. The molecule has 4 aromatic rings. The Hall–Kier alpha value is -3.35. The van der Waals surface area contributed by atoms with Crippen molar-refractivity contribution >= 4 is 34.2 Å². The second-order valence-electron chi connectivity index (χ2n) is 7.08. The molecule has 5 rings (SSSR count). The molecule has 8 heteroatoms. The predicted molar refractivity (Wildman–Crippen MR) is 121 cm³/mol. The molecule has 0 unspecified atom stereocenters. The Morgan fingerprint density at radius 1 is 0.938 bits per heavy atom. The van der Waals surface area contributed by atoms with Crippen molar-refractivity contribution in [3.8, 4) is 34.1 Å². The number of hydrogen-bond acceptors (Lipinski definition) is 6. The highest BCUT2D eigenvalue weighted by Crippen LogP contribution is 2.37. The highest BCUT2D eigenvalue weighted by atomic mass is 35.5. The average Bonchev–Trinajstić information content (AvgIpc) is 3.27. The van der Waals surface area contributed by atoms with Crippen LogP contribution in [0.1, 0.15) is 5.56 Å². The molecule has 6 nitrogen and oxygen atoms in total. The molecule has 0 spiro atoms. The van der Waals surface area contributed by atoms with E-state index in [1.54, 1.807) is 42.5 Å². The van der Waals surface area contributed by atoms with Crippen molar-refractivity contribution in [2.45, 2.75) is 6.61 Å². The van der Waals surface area contributed by atoms with Gasteiger partial charge in [-0.15, -0.1) is 0 Å². The van der Waals surface area contributed by atoms with Crippen molar-refractivity contribution in [2.24, 2.45) is 0 Å². The van der Waals surface area contributed by atoms with Gasteiger partial charge in [-0.3, -0.25) is 4.79 Å². The molecule has 0 amide bonds. The highest BCUT2D eigenvalue weighted by molar-refractivity contribution is 6.42. The molecule has 0 N–H and O–H groups in total. The average molecular weight is 471 g/mol. The van der Waals surface area contributed by atoms with Gasteiger partial charge < -0.3 is 23.4 Å². The SMILES string of the molecule is COc1cc2occ(-c3ccc4c(c3)OCO4)c(=O)c2cc1OCc1ccc(Cl)c(Cl)c1. The van der Waals surface area contributed by atoms with Gasteiger partial charge in [0.05, 0.1) is 28.1 Å². The Kier molecular flexibility index (Phi) is 5.33. The Labute approximate surface area is 192 Å². The summed E-state index contributed by atoms with van der Waals surface area (Å²) in [5.41, 5.74) is 2.07. The molecular formula is C24H16Cl2O6. The zero-order chi connectivity index (χ0) is 22.2. The van der Waals surface area contributed by atoms with E-state index >= 15 is 0 Å². The maximum atomic E-state index is 13.3. The molecule has 0 aliphatic carbocycles. The van der Waals surface area contributed by atoms with Crippen molar-refractivity contribution in [3.05, 3.63) is 80.6 Å². The van der Waals surface area contributed by atoms with Crippen LogP contribution in [0.3, 0.4) is 0 Å². The minimum Gasteiger partial charge on any atom is -0.493 e. The summed E-state index contributed by atoms with van der Waals surface area (Å²) in [5, 5.41) is 1.27. The first-order chi connectivity index (χ1) is 15.5. The fourth-order valence-corrected chi connectivity index (χ4v) is 3.78. The van der Waals surface area contributed by atoms with E-state index in [2.05, 4.69) is 0 Å². The molecule has 2 heterocycles. The van der Waals surface area contributed by atoms with Gasteiger partial charge in [0.1, 0.15) is 18.5 Å². The normalized spacial score (nSPS) is 12.2. The molecule has 0 saturated carbocycles. The predicted octanol–water partition coefficient (Wildman–Crippen LogP) is 6.08. The Bertz CT molecular complexity index is 1400. The first kappa shape index (κ1) is 20.5. The lowest BCUT2D eigenvalue weighted by Crippen LogP contribution is -2.06. The van der Waals surface area contributed by atoms with Gasteiger partial charge in [0, 0.05) is 6.07 Å². The van der Waals surface area contributed by atoms with Crippen LogP contribution >= 0.6 is 23.2 Å². The molecule has 1 aliphatic heterocycles. The van der Waals surface area contributed by atoms with Crippen LogP contribution in [-0.4, -0.2) is 13.9 Å². The van der Waals surface area contributed by atoms with E-state index in [1.165, 1.54) is 13.4 Å².